The fraction of sp³-hybridized carbons (Fsp3) is 0.0909. The van der Waals surface area contributed by atoms with Crippen molar-refractivity contribution in [2.24, 2.45) is 0 Å². The largest absolute Gasteiger partial charge is 0.331 e. The lowest BCUT2D eigenvalue weighted by Crippen LogP contribution is -2.33. The predicted octanol–water partition coefficient (Wildman–Crippen LogP) is 0.327. The van der Waals surface area contributed by atoms with Gasteiger partial charge in [-0.3, -0.25) is 10.1 Å². The third kappa shape index (κ3) is 3.63. The van der Waals surface area contributed by atoms with E-state index in [1.54, 1.807) is 24.4 Å². The Balaban J connectivity index is 1.93. The summed E-state index contributed by atoms with van der Waals surface area (Å²) in [7, 11) is -3.68. The van der Waals surface area contributed by atoms with Crippen LogP contribution in [0.4, 0.5) is 5.95 Å². The number of anilines is 1. The summed E-state index contributed by atoms with van der Waals surface area (Å²) in [5, 5.41) is 2.41. The van der Waals surface area contributed by atoms with Gasteiger partial charge in [-0.05, 0) is 12.1 Å². The van der Waals surface area contributed by atoms with E-state index in [2.05, 4.69) is 20.0 Å². The van der Waals surface area contributed by atoms with Crippen LogP contribution in [0.25, 0.3) is 0 Å². The molecule has 0 aliphatic rings. The van der Waals surface area contributed by atoms with Crippen molar-refractivity contribution in [2.75, 3.05) is 11.9 Å². The summed E-state index contributed by atoms with van der Waals surface area (Å²) < 4.78 is 25.9. The van der Waals surface area contributed by atoms with Crippen LogP contribution in [-0.2, 0) is 14.8 Å². The first-order valence-electron chi connectivity index (χ1n) is 5.42. The Morgan fingerprint density at radius 3 is 2.63 bits per heavy atom. The van der Waals surface area contributed by atoms with Crippen LogP contribution in [0.3, 0.4) is 0 Å². The van der Waals surface area contributed by atoms with E-state index in [0.29, 0.717) is 0 Å². The fourth-order valence-corrected chi connectivity index (χ4v) is 2.36. The summed E-state index contributed by atoms with van der Waals surface area (Å²) >= 11 is 0. The number of H-pyrrole nitrogens is 1. The Morgan fingerprint density at radius 1 is 1.26 bits per heavy atom. The fourth-order valence-electron chi connectivity index (χ4n) is 1.35. The molecule has 1 aromatic heterocycles. The number of hydrogen-bond acceptors (Lipinski definition) is 4. The Kier molecular flexibility index (Phi) is 3.93. The lowest BCUT2D eigenvalue weighted by molar-refractivity contribution is -0.115. The molecule has 0 aliphatic carbocycles. The summed E-state index contributed by atoms with van der Waals surface area (Å²) in [6.07, 6.45) is 3.02. The molecule has 0 atom stereocenters. The number of rotatable bonds is 5. The van der Waals surface area contributed by atoms with E-state index in [9.17, 15) is 13.2 Å². The number of carbonyl (C=O) groups is 1. The average Bonchev–Trinajstić information content (AvgIpc) is 2.90. The van der Waals surface area contributed by atoms with Gasteiger partial charge in [0.15, 0.2) is 0 Å². The third-order valence-electron chi connectivity index (χ3n) is 2.23. The molecule has 1 heterocycles. The van der Waals surface area contributed by atoms with Gasteiger partial charge in [0.25, 0.3) is 0 Å². The van der Waals surface area contributed by atoms with Crippen LogP contribution < -0.4 is 10.0 Å². The molecule has 0 saturated carbocycles. The lowest BCUT2D eigenvalue weighted by atomic mass is 10.4. The Morgan fingerprint density at radius 2 is 2.00 bits per heavy atom. The van der Waals surface area contributed by atoms with Crippen molar-refractivity contribution < 1.29 is 13.2 Å². The highest BCUT2D eigenvalue weighted by Gasteiger charge is 2.15. The van der Waals surface area contributed by atoms with E-state index in [1.165, 1.54) is 18.3 Å². The lowest BCUT2D eigenvalue weighted by Gasteiger charge is -2.06. The molecule has 0 saturated heterocycles. The topological polar surface area (TPSA) is 104 Å². The van der Waals surface area contributed by atoms with Gasteiger partial charge in [-0.2, -0.15) is 0 Å². The van der Waals surface area contributed by atoms with Crippen molar-refractivity contribution in [3.05, 3.63) is 42.7 Å². The first kappa shape index (κ1) is 13.2. The smallest absolute Gasteiger partial charge is 0.241 e. The van der Waals surface area contributed by atoms with Crippen LogP contribution >= 0.6 is 0 Å². The summed E-state index contributed by atoms with van der Waals surface area (Å²) in [5.41, 5.74) is 0. The first-order valence-corrected chi connectivity index (χ1v) is 6.90. The molecule has 2 rings (SSSR count). The molecule has 0 aliphatic heterocycles. The molecule has 7 nitrogen and oxygen atoms in total. The van der Waals surface area contributed by atoms with Gasteiger partial charge >= 0.3 is 0 Å². The molecule has 0 unspecified atom stereocenters. The minimum absolute atomic E-state index is 0.112. The van der Waals surface area contributed by atoms with E-state index in [-0.39, 0.29) is 17.4 Å². The van der Waals surface area contributed by atoms with E-state index >= 15 is 0 Å². The number of aromatic amines is 1. The van der Waals surface area contributed by atoms with Gasteiger partial charge in [-0.15, -0.1) is 0 Å². The normalized spacial score (nSPS) is 11.2. The second-order valence-corrected chi connectivity index (χ2v) is 5.39. The highest BCUT2D eigenvalue weighted by molar-refractivity contribution is 7.89. The zero-order chi connectivity index (χ0) is 13.7. The van der Waals surface area contributed by atoms with Crippen LogP contribution in [0.1, 0.15) is 0 Å². The zero-order valence-electron chi connectivity index (χ0n) is 9.83. The van der Waals surface area contributed by atoms with Crippen LogP contribution in [0.15, 0.2) is 47.6 Å². The predicted molar refractivity (Wildman–Crippen MR) is 68.8 cm³/mol. The van der Waals surface area contributed by atoms with Crippen LogP contribution in [0.5, 0.6) is 0 Å². The highest BCUT2D eigenvalue weighted by atomic mass is 32.2. The monoisotopic (exact) mass is 280 g/mol. The summed E-state index contributed by atoms with van der Waals surface area (Å²) in [5.74, 6) is -0.238. The number of benzene rings is 1. The molecule has 3 N–H and O–H groups in total. The van der Waals surface area contributed by atoms with E-state index < -0.39 is 15.9 Å². The van der Waals surface area contributed by atoms with Gasteiger partial charge in [-0.1, -0.05) is 18.2 Å². The van der Waals surface area contributed by atoms with Crippen LogP contribution in [0, 0.1) is 0 Å². The van der Waals surface area contributed by atoms with E-state index in [0.717, 1.165) is 0 Å². The maximum absolute atomic E-state index is 11.8. The number of amides is 1. The Bertz CT molecular complexity index is 638. The average molecular weight is 280 g/mol. The number of nitrogens with one attached hydrogen (secondary N) is 3. The second kappa shape index (κ2) is 5.63. The number of sulfonamides is 1. The van der Waals surface area contributed by atoms with Crippen molar-refractivity contribution in [1.29, 1.82) is 0 Å². The number of nitrogens with zero attached hydrogens (tertiary/aromatic N) is 1. The summed E-state index contributed by atoms with van der Waals surface area (Å²) in [6, 6.07) is 7.83. The maximum atomic E-state index is 11.8. The van der Waals surface area contributed by atoms with Gasteiger partial charge < -0.3 is 4.98 Å². The molecule has 8 heteroatoms. The van der Waals surface area contributed by atoms with Gasteiger partial charge in [0.2, 0.25) is 21.9 Å². The van der Waals surface area contributed by atoms with Crippen LogP contribution in [-0.4, -0.2) is 30.8 Å². The number of imidazole rings is 1. The molecule has 1 amide bonds. The molecule has 19 heavy (non-hydrogen) atoms. The van der Waals surface area contributed by atoms with Crippen molar-refractivity contribution in [3.8, 4) is 0 Å². The number of hydrogen-bond donors (Lipinski definition) is 3. The summed E-state index contributed by atoms with van der Waals surface area (Å²) in [6.45, 7) is -0.363. The molecular formula is C11H12N4O3S. The van der Waals surface area contributed by atoms with Gasteiger partial charge in [0, 0.05) is 12.4 Å². The SMILES string of the molecule is O=C(CNS(=O)(=O)c1ccccc1)Nc1ncc[nH]1. The zero-order valence-corrected chi connectivity index (χ0v) is 10.6. The molecule has 0 radical (unpaired) electrons. The molecule has 0 bridgehead atoms. The van der Waals surface area contributed by atoms with Gasteiger partial charge in [0.05, 0.1) is 11.4 Å². The van der Waals surface area contributed by atoms with Crippen molar-refractivity contribution in [2.45, 2.75) is 4.90 Å². The van der Waals surface area contributed by atoms with Crippen molar-refractivity contribution in [1.82, 2.24) is 14.7 Å². The Labute approximate surface area is 110 Å². The van der Waals surface area contributed by atoms with Crippen molar-refractivity contribution in [3.63, 3.8) is 0 Å². The second-order valence-electron chi connectivity index (χ2n) is 3.62. The molecule has 2 aromatic rings. The third-order valence-corrected chi connectivity index (χ3v) is 3.65. The number of carbonyl (C=O) groups excluding carboxylic acids is 1. The molecule has 0 fully saturated rings. The maximum Gasteiger partial charge on any atom is 0.241 e. The number of aromatic nitrogens is 2. The molecule has 100 valence electrons. The minimum Gasteiger partial charge on any atom is -0.331 e. The standard InChI is InChI=1S/C11H12N4O3S/c16-10(15-11-12-6-7-13-11)8-14-19(17,18)9-4-2-1-3-5-9/h1-7,14H,8H2,(H2,12,13,15,16). The molecule has 1 aromatic carbocycles. The van der Waals surface area contributed by atoms with Crippen LogP contribution in [0.2, 0.25) is 0 Å². The quantitative estimate of drug-likeness (QED) is 0.734. The van der Waals surface area contributed by atoms with Gasteiger partial charge in [0.1, 0.15) is 0 Å². The van der Waals surface area contributed by atoms with Gasteiger partial charge in [-0.25, -0.2) is 18.1 Å². The molecular weight excluding hydrogens is 268 g/mol. The van der Waals surface area contributed by atoms with E-state index in [4.69, 9.17) is 0 Å². The Hall–Kier alpha value is -2.19. The van der Waals surface area contributed by atoms with E-state index in [1.807, 2.05) is 0 Å². The van der Waals surface area contributed by atoms with Crippen molar-refractivity contribution >= 4 is 21.9 Å². The minimum atomic E-state index is -3.68. The summed E-state index contributed by atoms with van der Waals surface area (Å²) in [4.78, 5) is 18.1. The first-order chi connectivity index (χ1) is 9.08. The molecule has 0 spiro atoms. The highest BCUT2D eigenvalue weighted by Crippen LogP contribution is 2.06.